The molecule has 0 bridgehead atoms. The summed E-state index contributed by atoms with van der Waals surface area (Å²) in [6.07, 6.45) is 5.54. The van der Waals surface area contributed by atoms with Gasteiger partial charge in [0.05, 0.1) is 12.0 Å². The number of hydrogen-bond acceptors (Lipinski definition) is 3. The van der Waals surface area contributed by atoms with Crippen LogP contribution in [0.2, 0.25) is 0 Å². The van der Waals surface area contributed by atoms with Crippen LogP contribution in [0.5, 0.6) is 0 Å². The summed E-state index contributed by atoms with van der Waals surface area (Å²) in [5.74, 6) is -0.320. The van der Waals surface area contributed by atoms with Gasteiger partial charge in [-0.2, -0.15) is 0 Å². The molecular formula is C8H9NO2S. The summed E-state index contributed by atoms with van der Waals surface area (Å²) >= 11 is 1.68. The highest BCUT2D eigenvalue weighted by Gasteiger charge is 2.33. The average molecular weight is 183 g/mol. The van der Waals surface area contributed by atoms with Crippen LogP contribution in [-0.2, 0) is 4.79 Å². The van der Waals surface area contributed by atoms with Gasteiger partial charge in [0, 0.05) is 10.8 Å². The molecule has 2 atom stereocenters. The third-order valence-corrected chi connectivity index (χ3v) is 3.11. The van der Waals surface area contributed by atoms with Gasteiger partial charge in [-0.15, -0.1) is 11.8 Å². The Balaban J connectivity index is 2.24. The van der Waals surface area contributed by atoms with E-state index in [0.717, 1.165) is 10.8 Å². The molecule has 0 amide bonds. The molecule has 3 nitrogen and oxygen atoms in total. The smallest absolute Gasteiger partial charge is 0.312 e. The maximum absolute atomic E-state index is 10.8. The minimum Gasteiger partial charge on any atom is -0.481 e. The third-order valence-electron chi connectivity index (χ3n) is 2.07. The van der Waals surface area contributed by atoms with Crippen LogP contribution in [0.15, 0.2) is 23.1 Å². The van der Waals surface area contributed by atoms with Gasteiger partial charge >= 0.3 is 5.97 Å². The highest BCUT2D eigenvalue weighted by atomic mass is 32.2. The third kappa shape index (κ3) is 1.17. The van der Waals surface area contributed by atoms with Gasteiger partial charge in [0.25, 0.3) is 0 Å². The van der Waals surface area contributed by atoms with E-state index >= 15 is 0 Å². The monoisotopic (exact) mass is 183 g/mol. The highest BCUT2D eigenvalue weighted by molar-refractivity contribution is 8.03. The zero-order valence-electron chi connectivity index (χ0n) is 6.36. The predicted octanol–water partition coefficient (Wildman–Crippen LogP) is 0.803. The molecule has 2 aliphatic rings. The Labute approximate surface area is 74.5 Å². The lowest BCUT2D eigenvalue weighted by atomic mass is 9.95. The number of rotatable bonds is 1. The van der Waals surface area contributed by atoms with Crippen LogP contribution in [0.25, 0.3) is 0 Å². The second-order valence-electron chi connectivity index (χ2n) is 2.79. The fraction of sp³-hybridized carbons (Fsp3) is 0.375. The van der Waals surface area contributed by atoms with Crippen LogP contribution in [0.1, 0.15) is 0 Å². The first-order chi connectivity index (χ1) is 5.79. The van der Waals surface area contributed by atoms with E-state index in [0.29, 0.717) is 0 Å². The molecule has 2 N–H and O–H groups in total. The molecule has 1 aliphatic carbocycles. The Kier molecular flexibility index (Phi) is 1.94. The summed E-state index contributed by atoms with van der Waals surface area (Å²) < 4.78 is 0. The summed E-state index contributed by atoms with van der Waals surface area (Å²) in [6, 6.07) is 0.0116. The van der Waals surface area contributed by atoms with E-state index < -0.39 is 5.97 Å². The van der Waals surface area contributed by atoms with Gasteiger partial charge in [-0.05, 0) is 0 Å². The summed E-state index contributed by atoms with van der Waals surface area (Å²) in [4.78, 5) is 11.9. The quantitative estimate of drug-likeness (QED) is 0.631. The summed E-state index contributed by atoms with van der Waals surface area (Å²) in [7, 11) is 0. The molecule has 2 rings (SSSR count). The Hall–Kier alpha value is -0.740. The van der Waals surface area contributed by atoms with Crippen molar-refractivity contribution in [3.05, 3.63) is 23.1 Å². The molecule has 0 aromatic heterocycles. The van der Waals surface area contributed by atoms with Crippen molar-refractivity contribution in [2.75, 3.05) is 5.88 Å². The van der Waals surface area contributed by atoms with Gasteiger partial charge < -0.3 is 5.11 Å². The Morgan fingerprint density at radius 2 is 2.58 bits per heavy atom. The summed E-state index contributed by atoms with van der Waals surface area (Å²) in [5, 5.41) is 12.0. The largest absolute Gasteiger partial charge is 0.481 e. The van der Waals surface area contributed by atoms with Crippen LogP contribution >= 0.6 is 11.8 Å². The molecule has 1 heterocycles. The predicted molar refractivity (Wildman–Crippen MR) is 47.7 cm³/mol. The first-order valence-corrected chi connectivity index (χ1v) is 4.75. The van der Waals surface area contributed by atoms with E-state index in [1.807, 2.05) is 12.2 Å². The van der Waals surface area contributed by atoms with Crippen molar-refractivity contribution in [1.29, 1.82) is 0 Å². The van der Waals surface area contributed by atoms with E-state index in [2.05, 4.69) is 5.32 Å². The van der Waals surface area contributed by atoms with Crippen molar-refractivity contribution in [3.8, 4) is 0 Å². The minimum atomic E-state index is -0.753. The van der Waals surface area contributed by atoms with Gasteiger partial charge in [-0.1, -0.05) is 18.2 Å². The number of carboxylic acid groups (broad SMARTS) is 1. The summed E-state index contributed by atoms with van der Waals surface area (Å²) in [5.41, 5.74) is 0. The summed E-state index contributed by atoms with van der Waals surface area (Å²) in [6.45, 7) is 0. The Bertz CT molecular complexity index is 272. The number of nitrogens with one attached hydrogen (secondary N) is 1. The normalized spacial score (nSPS) is 32.8. The van der Waals surface area contributed by atoms with E-state index in [1.54, 1.807) is 17.8 Å². The lowest BCUT2D eigenvalue weighted by Gasteiger charge is -2.19. The molecule has 0 spiro atoms. The Morgan fingerprint density at radius 3 is 3.33 bits per heavy atom. The SMILES string of the molecule is O=C(O)C1C=CC=C2SCNC21. The van der Waals surface area contributed by atoms with E-state index in [-0.39, 0.29) is 12.0 Å². The van der Waals surface area contributed by atoms with Crippen LogP contribution in [0.3, 0.4) is 0 Å². The zero-order chi connectivity index (χ0) is 8.55. The van der Waals surface area contributed by atoms with Crippen molar-refractivity contribution >= 4 is 17.7 Å². The maximum Gasteiger partial charge on any atom is 0.312 e. The zero-order valence-corrected chi connectivity index (χ0v) is 7.17. The number of carboxylic acids is 1. The van der Waals surface area contributed by atoms with Gasteiger partial charge in [0.1, 0.15) is 0 Å². The van der Waals surface area contributed by atoms with Crippen molar-refractivity contribution in [3.63, 3.8) is 0 Å². The fourth-order valence-electron chi connectivity index (χ4n) is 1.47. The van der Waals surface area contributed by atoms with Crippen molar-refractivity contribution in [2.24, 2.45) is 5.92 Å². The topological polar surface area (TPSA) is 49.3 Å². The van der Waals surface area contributed by atoms with E-state index in [4.69, 9.17) is 5.11 Å². The average Bonchev–Trinajstić information content (AvgIpc) is 2.49. The van der Waals surface area contributed by atoms with Crippen LogP contribution in [0, 0.1) is 5.92 Å². The van der Waals surface area contributed by atoms with E-state index in [1.165, 1.54) is 0 Å². The molecule has 12 heavy (non-hydrogen) atoms. The number of aliphatic carboxylic acids is 1. The highest BCUT2D eigenvalue weighted by Crippen LogP contribution is 2.33. The second kappa shape index (κ2) is 2.95. The van der Waals surface area contributed by atoms with Crippen LogP contribution < -0.4 is 5.32 Å². The lowest BCUT2D eigenvalue weighted by Crippen LogP contribution is -2.36. The maximum atomic E-state index is 10.8. The van der Waals surface area contributed by atoms with Gasteiger partial charge in [-0.3, -0.25) is 10.1 Å². The van der Waals surface area contributed by atoms with E-state index in [9.17, 15) is 4.79 Å². The molecular weight excluding hydrogens is 174 g/mol. The van der Waals surface area contributed by atoms with Crippen molar-refractivity contribution in [1.82, 2.24) is 5.32 Å². The first kappa shape index (κ1) is 7.89. The van der Waals surface area contributed by atoms with Gasteiger partial charge in [0.15, 0.2) is 0 Å². The second-order valence-corrected chi connectivity index (χ2v) is 3.84. The molecule has 64 valence electrons. The number of fused-ring (bicyclic) bond motifs is 1. The number of allylic oxidation sites excluding steroid dienone is 2. The fourth-order valence-corrected chi connectivity index (χ4v) is 2.48. The molecule has 2 unspecified atom stereocenters. The Morgan fingerprint density at radius 1 is 1.75 bits per heavy atom. The minimum absolute atomic E-state index is 0.0116. The van der Waals surface area contributed by atoms with Crippen molar-refractivity contribution < 1.29 is 9.90 Å². The molecule has 4 heteroatoms. The number of thioether (sulfide) groups is 1. The molecule has 0 aromatic rings. The van der Waals surface area contributed by atoms with Gasteiger partial charge in [-0.25, -0.2) is 0 Å². The molecule has 0 aromatic carbocycles. The lowest BCUT2D eigenvalue weighted by molar-refractivity contribution is -0.140. The van der Waals surface area contributed by atoms with Crippen molar-refractivity contribution in [2.45, 2.75) is 6.04 Å². The number of carbonyl (C=O) groups is 1. The molecule has 0 radical (unpaired) electrons. The van der Waals surface area contributed by atoms with Crippen LogP contribution in [0.4, 0.5) is 0 Å². The molecule has 0 saturated carbocycles. The number of hydrogen-bond donors (Lipinski definition) is 2. The molecule has 1 fully saturated rings. The standard InChI is InChI=1S/C8H9NO2S/c10-8(11)5-2-1-3-6-7(5)9-4-12-6/h1-3,5,7,9H,4H2,(H,10,11). The van der Waals surface area contributed by atoms with Gasteiger partial charge in [0.2, 0.25) is 0 Å². The molecule has 1 saturated heterocycles. The van der Waals surface area contributed by atoms with Crippen LogP contribution in [-0.4, -0.2) is 23.0 Å². The molecule has 1 aliphatic heterocycles. The first-order valence-electron chi connectivity index (χ1n) is 3.76.